The highest BCUT2D eigenvalue weighted by Crippen LogP contribution is 2.34. The van der Waals surface area contributed by atoms with Gasteiger partial charge in [0.1, 0.15) is 17.8 Å². The van der Waals surface area contributed by atoms with E-state index in [0.717, 1.165) is 80.9 Å². The zero-order valence-corrected chi connectivity index (χ0v) is 32.1. The lowest BCUT2D eigenvalue weighted by molar-refractivity contribution is -0.136. The van der Waals surface area contributed by atoms with Crippen LogP contribution in [0.1, 0.15) is 77.7 Å². The Labute approximate surface area is 333 Å². The Bertz CT molecular complexity index is 2380. The quantitative estimate of drug-likeness (QED) is 0.129. The molecule has 4 aliphatic rings. The number of ether oxygens (including phenoxy) is 1. The Morgan fingerprint density at radius 3 is 2.69 bits per heavy atom. The number of benzene rings is 1. The number of hydrogen-bond donors (Lipinski definition) is 3. The van der Waals surface area contributed by atoms with Crippen LogP contribution in [0, 0.1) is 6.92 Å². The van der Waals surface area contributed by atoms with E-state index in [1.54, 1.807) is 28.0 Å². The summed E-state index contributed by atoms with van der Waals surface area (Å²) in [6.45, 7) is 7.47. The van der Waals surface area contributed by atoms with Crippen molar-refractivity contribution in [2.75, 3.05) is 54.9 Å². The molecule has 0 radical (unpaired) electrons. The highest BCUT2D eigenvalue weighted by Gasteiger charge is 2.39. The van der Waals surface area contributed by atoms with Gasteiger partial charge in [-0.05, 0) is 81.0 Å². The first-order valence-corrected chi connectivity index (χ1v) is 19.8. The number of pyridine rings is 1. The van der Waals surface area contributed by atoms with E-state index in [0.29, 0.717) is 66.0 Å². The number of carbonyl (C=O) groups excluding carboxylic acids is 4. The van der Waals surface area contributed by atoms with Gasteiger partial charge in [0.2, 0.25) is 23.5 Å². The molecule has 5 aromatic rings. The molecule has 0 aliphatic carbocycles. The van der Waals surface area contributed by atoms with Crippen LogP contribution in [-0.2, 0) is 27.3 Å². The number of aryl methyl sites for hydroxylation is 2. The maximum absolute atomic E-state index is 13.1. The Morgan fingerprint density at radius 1 is 1.00 bits per heavy atom. The number of piperazine rings is 1. The van der Waals surface area contributed by atoms with Gasteiger partial charge in [0.25, 0.3) is 5.91 Å². The van der Waals surface area contributed by atoms with Crippen molar-refractivity contribution in [3.63, 3.8) is 0 Å². The SMILES string of the molecule is Cc1cc(NC(=O)Nc2cnc3ccnn3c2C2CCCO2)cnc1-c1noc(CCCCN2CCN(c3ccc4c(c3)CN(C3CCC(=O)NC3=O)C4=O)CC2)n1. The number of imide groups is 1. The van der Waals surface area contributed by atoms with Gasteiger partial charge in [0.05, 0.1) is 35.7 Å². The number of hydrogen-bond acceptors (Lipinski definition) is 13. The zero-order valence-electron chi connectivity index (χ0n) is 32.1. The number of piperidine rings is 1. The average molecular weight is 789 g/mol. The fourth-order valence-corrected chi connectivity index (χ4v) is 8.30. The van der Waals surface area contributed by atoms with Crippen LogP contribution in [0.5, 0.6) is 0 Å². The van der Waals surface area contributed by atoms with Crippen LogP contribution < -0.4 is 20.9 Å². The summed E-state index contributed by atoms with van der Waals surface area (Å²) in [7, 11) is 0. The molecule has 8 heterocycles. The lowest BCUT2D eigenvalue weighted by atomic mass is 10.0. The van der Waals surface area contributed by atoms with Crippen molar-refractivity contribution in [3.8, 4) is 11.5 Å². The summed E-state index contributed by atoms with van der Waals surface area (Å²) < 4.78 is 13.2. The van der Waals surface area contributed by atoms with Crippen molar-refractivity contribution >= 4 is 46.5 Å². The predicted molar refractivity (Wildman–Crippen MR) is 210 cm³/mol. The van der Waals surface area contributed by atoms with Crippen LogP contribution in [0.15, 0.2) is 53.4 Å². The molecule has 58 heavy (non-hydrogen) atoms. The fraction of sp³-hybridized carbons (Fsp3) is 0.425. The largest absolute Gasteiger partial charge is 0.372 e. The number of carbonyl (C=O) groups is 4. The molecule has 3 saturated heterocycles. The third-order valence-electron chi connectivity index (χ3n) is 11.3. The second-order valence-corrected chi connectivity index (χ2v) is 15.2. The Morgan fingerprint density at radius 2 is 1.88 bits per heavy atom. The number of urea groups is 1. The van der Waals surface area contributed by atoms with Gasteiger partial charge in [-0.3, -0.25) is 29.6 Å². The van der Waals surface area contributed by atoms with E-state index in [4.69, 9.17) is 9.26 Å². The normalized spacial score (nSPS) is 19.8. The second kappa shape index (κ2) is 15.9. The van der Waals surface area contributed by atoms with Gasteiger partial charge in [-0.15, -0.1) is 0 Å². The molecule has 18 heteroatoms. The molecule has 0 saturated carbocycles. The van der Waals surface area contributed by atoms with Gasteiger partial charge >= 0.3 is 6.03 Å². The van der Waals surface area contributed by atoms with Crippen molar-refractivity contribution < 1.29 is 28.4 Å². The van der Waals surface area contributed by atoms with Crippen LogP contribution in [-0.4, -0.2) is 109 Å². The van der Waals surface area contributed by atoms with Crippen molar-refractivity contribution in [1.29, 1.82) is 0 Å². The Kier molecular flexibility index (Phi) is 10.3. The molecule has 0 spiro atoms. The van der Waals surface area contributed by atoms with Crippen LogP contribution in [0.4, 0.5) is 21.9 Å². The molecule has 18 nitrogen and oxygen atoms in total. The lowest BCUT2D eigenvalue weighted by Crippen LogP contribution is -2.52. The number of anilines is 3. The number of amides is 5. The highest BCUT2D eigenvalue weighted by atomic mass is 16.5. The molecule has 9 rings (SSSR count). The minimum atomic E-state index is -0.613. The summed E-state index contributed by atoms with van der Waals surface area (Å²) in [4.78, 5) is 70.1. The molecule has 300 valence electrons. The molecule has 5 amide bonds. The zero-order chi connectivity index (χ0) is 39.8. The Hall–Kier alpha value is -6.27. The maximum atomic E-state index is 13.1. The predicted octanol–water partition coefficient (Wildman–Crippen LogP) is 3.88. The summed E-state index contributed by atoms with van der Waals surface area (Å²) in [5, 5.41) is 16.7. The van der Waals surface area contributed by atoms with Crippen molar-refractivity contribution in [3.05, 3.63) is 77.2 Å². The first-order chi connectivity index (χ1) is 28.3. The molecule has 1 aromatic carbocycles. The molecule has 3 fully saturated rings. The number of aromatic nitrogens is 6. The van der Waals surface area contributed by atoms with Crippen LogP contribution in [0.3, 0.4) is 0 Å². The lowest BCUT2D eigenvalue weighted by Gasteiger charge is -2.36. The van der Waals surface area contributed by atoms with Crippen LogP contribution >= 0.6 is 0 Å². The summed E-state index contributed by atoms with van der Waals surface area (Å²) >= 11 is 0. The second-order valence-electron chi connectivity index (χ2n) is 15.2. The smallest absolute Gasteiger partial charge is 0.323 e. The van der Waals surface area contributed by atoms with Crippen LogP contribution in [0.25, 0.3) is 17.2 Å². The van der Waals surface area contributed by atoms with E-state index >= 15 is 0 Å². The topological polar surface area (TPSA) is 205 Å². The van der Waals surface area contributed by atoms with E-state index < -0.39 is 18.0 Å². The van der Waals surface area contributed by atoms with Crippen molar-refractivity contribution in [1.82, 2.24) is 44.8 Å². The third-order valence-corrected chi connectivity index (χ3v) is 11.3. The summed E-state index contributed by atoms with van der Waals surface area (Å²) in [5.74, 6) is 0.117. The molecule has 2 unspecified atom stereocenters. The third kappa shape index (κ3) is 7.59. The molecule has 4 aliphatic heterocycles. The van der Waals surface area contributed by atoms with E-state index in [1.807, 2.05) is 31.2 Å². The van der Waals surface area contributed by atoms with E-state index in [2.05, 4.69) is 57.0 Å². The van der Waals surface area contributed by atoms with Gasteiger partial charge in [-0.2, -0.15) is 10.1 Å². The summed E-state index contributed by atoms with van der Waals surface area (Å²) in [6, 6.07) is 8.50. The molecule has 3 N–H and O–H groups in total. The minimum absolute atomic E-state index is 0.155. The molecule has 4 aromatic heterocycles. The molecular formula is C40H44N12O6. The maximum Gasteiger partial charge on any atom is 0.323 e. The summed E-state index contributed by atoms with van der Waals surface area (Å²) in [5.41, 5.74) is 6.46. The van der Waals surface area contributed by atoms with E-state index in [9.17, 15) is 19.2 Å². The summed E-state index contributed by atoms with van der Waals surface area (Å²) in [6.07, 6.45) is 9.57. The number of rotatable bonds is 11. The minimum Gasteiger partial charge on any atom is -0.372 e. The first-order valence-electron chi connectivity index (χ1n) is 19.8. The molecular weight excluding hydrogens is 745 g/mol. The first kappa shape index (κ1) is 37.3. The van der Waals surface area contributed by atoms with Crippen molar-refractivity contribution in [2.45, 2.75) is 70.6 Å². The van der Waals surface area contributed by atoms with Crippen molar-refractivity contribution in [2.24, 2.45) is 0 Å². The van der Waals surface area contributed by atoms with E-state index in [1.165, 1.54) is 0 Å². The van der Waals surface area contributed by atoms with Crippen LogP contribution in [0.2, 0.25) is 0 Å². The highest BCUT2D eigenvalue weighted by molar-refractivity contribution is 6.05. The van der Waals surface area contributed by atoms with Gasteiger partial charge in [-0.1, -0.05) is 5.16 Å². The number of unbranched alkanes of at least 4 members (excludes halogenated alkanes) is 1. The Balaban J connectivity index is 0.725. The molecule has 2 atom stereocenters. The number of nitrogens with zero attached hydrogens (tertiary/aromatic N) is 9. The monoisotopic (exact) mass is 788 g/mol. The van der Waals surface area contributed by atoms with E-state index in [-0.39, 0.29) is 24.3 Å². The standard InChI is InChI=1S/C40H44N12O6/c1-24-19-26(44-40(56)45-29-22-41-32-11-12-43-52(32)36(29)31-5-4-18-57-31)21-42-35(24)37-47-34(58-48-37)6-2-3-13-49-14-16-50(17-15-49)27-7-8-28-25(20-27)23-51(39(28)55)30-9-10-33(53)46-38(30)54/h7-8,11-12,19-22,30-31H,2-6,9-10,13-18,23H2,1H3,(H2,44,45,56)(H,46,53,54). The number of fused-ring (bicyclic) bond motifs is 2. The van der Waals surface area contributed by atoms with Gasteiger partial charge in [0, 0.05) is 69.5 Å². The number of nitrogens with one attached hydrogen (secondary N) is 3. The average Bonchev–Trinajstić information content (AvgIpc) is 4.06. The van der Waals surface area contributed by atoms with Gasteiger partial charge in [-0.25, -0.2) is 14.3 Å². The molecule has 0 bridgehead atoms. The van der Waals surface area contributed by atoms with Gasteiger partial charge in [0.15, 0.2) is 5.65 Å². The van der Waals surface area contributed by atoms with Gasteiger partial charge < -0.3 is 29.7 Å². The fourth-order valence-electron chi connectivity index (χ4n) is 8.30.